The second kappa shape index (κ2) is 9.64. The van der Waals surface area contributed by atoms with Gasteiger partial charge >= 0.3 is 12.1 Å². The minimum atomic E-state index is -5.08. The zero-order valence-electron chi connectivity index (χ0n) is 16.9. The summed E-state index contributed by atoms with van der Waals surface area (Å²) < 4.78 is 49.5. The van der Waals surface area contributed by atoms with Crippen LogP contribution in [0.3, 0.4) is 0 Å². The van der Waals surface area contributed by atoms with Crippen LogP contribution in [0, 0.1) is 5.82 Å². The quantitative estimate of drug-likeness (QED) is 0.228. The van der Waals surface area contributed by atoms with Crippen molar-refractivity contribution in [3.8, 4) is 11.4 Å². The second-order valence-electron chi connectivity index (χ2n) is 6.71. The van der Waals surface area contributed by atoms with Gasteiger partial charge in [0.25, 0.3) is 5.56 Å². The van der Waals surface area contributed by atoms with Crippen molar-refractivity contribution < 1.29 is 27.5 Å². The minimum absolute atomic E-state index is 0.141. The van der Waals surface area contributed by atoms with Crippen molar-refractivity contribution in [1.29, 1.82) is 0 Å². The number of aryl methyl sites for hydroxylation is 1. The van der Waals surface area contributed by atoms with Gasteiger partial charge in [-0.15, -0.1) is 10.2 Å². The normalized spacial score (nSPS) is 11.6. The maximum atomic E-state index is 14.2. The molecule has 0 aromatic carbocycles. The third-order valence-corrected chi connectivity index (χ3v) is 4.83. The molecular formula is C18H16BrF4N7O3. The smallest absolute Gasteiger partial charge is 0.475 e. The highest BCUT2D eigenvalue weighted by Crippen LogP contribution is 2.22. The van der Waals surface area contributed by atoms with Gasteiger partial charge in [0.05, 0.1) is 11.8 Å². The number of H-pyrrole nitrogens is 1. The molecule has 0 amide bonds. The predicted octanol–water partition coefficient (Wildman–Crippen LogP) is 3.55. The summed E-state index contributed by atoms with van der Waals surface area (Å²) in [5.74, 6) is -2.84. The monoisotopic (exact) mass is 533 g/mol. The van der Waals surface area contributed by atoms with Crippen LogP contribution in [0.4, 0.5) is 17.6 Å². The molecule has 33 heavy (non-hydrogen) atoms. The van der Waals surface area contributed by atoms with E-state index in [2.05, 4.69) is 48.0 Å². The van der Waals surface area contributed by atoms with E-state index in [-0.39, 0.29) is 16.9 Å². The molecule has 4 rings (SSSR count). The molecule has 0 bridgehead atoms. The number of hydrogen-bond donors (Lipinski definition) is 2. The molecule has 0 unspecified atom stereocenters. The Kier molecular flexibility index (Phi) is 7.09. The van der Waals surface area contributed by atoms with Gasteiger partial charge in [-0.25, -0.2) is 18.6 Å². The molecule has 4 aromatic heterocycles. The first kappa shape index (κ1) is 24.3. The lowest BCUT2D eigenvalue weighted by Crippen LogP contribution is -2.21. The number of pyridine rings is 1. The molecule has 4 heterocycles. The number of halogens is 5. The number of carboxylic acids is 1. The molecule has 0 saturated heterocycles. The molecule has 15 heteroatoms. The molecule has 0 atom stereocenters. The van der Waals surface area contributed by atoms with E-state index >= 15 is 0 Å². The Morgan fingerprint density at radius 2 is 1.97 bits per heavy atom. The van der Waals surface area contributed by atoms with Gasteiger partial charge in [-0.2, -0.15) is 13.2 Å². The van der Waals surface area contributed by atoms with Gasteiger partial charge in [0.1, 0.15) is 0 Å². The molecule has 0 radical (unpaired) electrons. The van der Waals surface area contributed by atoms with Crippen LogP contribution in [0.25, 0.3) is 28.3 Å². The van der Waals surface area contributed by atoms with E-state index in [1.54, 1.807) is 0 Å². The zero-order chi connectivity index (χ0) is 24.3. The first-order valence-corrected chi connectivity index (χ1v) is 10.3. The number of nitrogens with zero attached hydrogens (tertiary/aromatic N) is 6. The topological polar surface area (TPSA) is 131 Å². The fourth-order valence-electron chi connectivity index (χ4n) is 2.98. The zero-order valence-corrected chi connectivity index (χ0v) is 18.5. The molecule has 10 nitrogen and oxygen atoms in total. The Bertz CT molecular complexity index is 1360. The first-order chi connectivity index (χ1) is 15.6. The van der Waals surface area contributed by atoms with Gasteiger partial charge in [0, 0.05) is 12.7 Å². The van der Waals surface area contributed by atoms with Crippen LogP contribution in [0.5, 0.6) is 0 Å². The molecule has 0 spiro atoms. The van der Waals surface area contributed by atoms with Crippen LogP contribution in [0.2, 0.25) is 0 Å². The van der Waals surface area contributed by atoms with Crippen molar-refractivity contribution >= 4 is 38.8 Å². The predicted molar refractivity (Wildman–Crippen MR) is 111 cm³/mol. The van der Waals surface area contributed by atoms with Crippen LogP contribution in [0.15, 0.2) is 28.0 Å². The van der Waals surface area contributed by atoms with E-state index < -0.39 is 18.0 Å². The summed E-state index contributed by atoms with van der Waals surface area (Å²) in [6.07, 6.45) is 0.446. The van der Waals surface area contributed by atoms with Gasteiger partial charge in [-0.05, 0) is 28.4 Å². The number of rotatable bonds is 5. The number of aliphatic carboxylic acids is 1. The molecular weight excluding hydrogens is 518 g/mol. The Hall–Kier alpha value is -3.36. The highest BCUT2D eigenvalue weighted by atomic mass is 79.9. The first-order valence-electron chi connectivity index (χ1n) is 9.49. The highest BCUT2D eigenvalue weighted by molar-refractivity contribution is 9.10. The van der Waals surface area contributed by atoms with Crippen molar-refractivity contribution in [3.05, 3.63) is 39.4 Å². The fourth-order valence-corrected chi connectivity index (χ4v) is 3.35. The van der Waals surface area contributed by atoms with E-state index in [9.17, 15) is 22.4 Å². The van der Waals surface area contributed by atoms with Crippen LogP contribution in [-0.4, -0.2) is 51.4 Å². The van der Waals surface area contributed by atoms with Crippen molar-refractivity contribution in [2.75, 3.05) is 0 Å². The summed E-state index contributed by atoms with van der Waals surface area (Å²) in [4.78, 5) is 32.9. The number of alkyl halides is 3. The van der Waals surface area contributed by atoms with Crippen LogP contribution >= 0.6 is 15.9 Å². The lowest BCUT2D eigenvalue weighted by atomic mass is 10.2. The number of unbranched alkanes of at least 4 members (excludes halogenated alkanes) is 2. The van der Waals surface area contributed by atoms with Crippen molar-refractivity contribution in [2.24, 2.45) is 0 Å². The lowest BCUT2D eigenvalue weighted by molar-refractivity contribution is -0.192. The molecule has 4 aromatic rings. The summed E-state index contributed by atoms with van der Waals surface area (Å²) in [5.41, 5.74) is 0.606. The summed E-state index contributed by atoms with van der Waals surface area (Å²) in [6.45, 7) is 2.74. The molecule has 2 N–H and O–H groups in total. The van der Waals surface area contributed by atoms with Crippen LogP contribution in [-0.2, 0) is 11.3 Å². The van der Waals surface area contributed by atoms with Gasteiger partial charge in [-0.1, -0.05) is 19.8 Å². The van der Waals surface area contributed by atoms with E-state index in [1.165, 1.54) is 16.7 Å². The van der Waals surface area contributed by atoms with Gasteiger partial charge in [0.2, 0.25) is 5.78 Å². The number of nitrogens with one attached hydrogen (secondary N) is 1. The lowest BCUT2D eigenvalue weighted by Gasteiger charge is -2.09. The van der Waals surface area contributed by atoms with E-state index in [0.717, 1.165) is 25.5 Å². The van der Waals surface area contributed by atoms with Crippen LogP contribution < -0.4 is 5.56 Å². The second-order valence-corrected chi connectivity index (χ2v) is 7.46. The Labute approximate surface area is 190 Å². The number of aromatic nitrogens is 7. The van der Waals surface area contributed by atoms with Crippen molar-refractivity contribution in [1.82, 2.24) is 34.1 Å². The van der Waals surface area contributed by atoms with Crippen LogP contribution in [0.1, 0.15) is 26.2 Å². The Morgan fingerprint density at radius 3 is 2.58 bits per heavy atom. The fraction of sp³-hybridized carbons (Fsp3) is 0.333. The van der Waals surface area contributed by atoms with Gasteiger partial charge in [-0.3, -0.25) is 14.3 Å². The molecule has 0 fully saturated rings. The number of carboxylic acid groups (broad SMARTS) is 1. The average Bonchev–Trinajstić information content (AvgIpc) is 3.35. The summed E-state index contributed by atoms with van der Waals surface area (Å²) >= 11 is 3.28. The maximum Gasteiger partial charge on any atom is 0.490 e. The third-order valence-electron chi connectivity index (χ3n) is 4.46. The number of carbonyl (C=O) groups is 1. The average molecular weight is 534 g/mol. The van der Waals surface area contributed by atoms with E-state index in [4.69, 9.17) is 9.90 Å². The highest BCUT2D eigenvalue weighted by Gasteiger charge is 2.38. The van der Waals surface area contributed by atoms with Gasteiger partial charge < -0.3 is 10.1 Å². The summed E-state index contributed by atoms with van der Waals surface area (Å²) in [7, 11) is 0. The van der Waals surface area contributed by atoms with E-state index in [1.807, 2.05) is 4.57 Å². The molecule has 0 aliphatic heterocycles. The largest absolute Gasteiger partial charge is 0.490 e. The Balaban J connectivity index is 0.000000383. The number of aromatic amines is 1. The third kappa shape index (κ3) is 5.02. The van der Waals surface area contributed by atoms with Crippen molar-refractivity contribution in [2.45, 2.75) is 38.9 Å². The standard InChI is InChI=1S/C16H15BrFN7O.C2HF3O2/c1-2-3-4-7-24-13-11(20-15(17)21-13)14(26)25-12(22-23-16(24)25)9-5-6-19-8-10(9)18;3-2(4,5)1(6)7/h5-6,8H,2-4,7H2,1H3,(H,20,21);(H,6,7). The number of fused-ring (bicyclic) bond motifs is 2. The summed E-state index contributed by atoms with van der Waals surface area (Å²) in [5, 5.41) is 15.4. The van der Waals surface area contributed by atoms with Gasteiger partial charge in [0.15, 0.2) is 27.5 Å². The number of hydrogen-bond acceptors (Lipinski definition) is 6. The maximum absolute atomic E-state index is 14.2. The Morgan fingerprint density at radius 1 is 1.27 bits per heavy atom. The molecule has 0 aliphatic carbocycles. The minimum Gasteiger partial charge on any atom is -0.475 e. The van der Waals surface area contributed by atoms with E-state index in [0.29, 0.717) is 28.2 Å². The molecule has 0 aliphatic rings. The number of imidazole rings is 1. The SMILES string of the molecule is CCCCCn1c2nc(Br)[nH]c2c(=O)n2c(-c3ccncc3F)nnc12.O=C(O)C(F)(F)F. The molecule has 176 valence electrons. The molecule has 0 saturated carbocycles. The summed E-state index contributed by atoms with van der Waals surface area (Å²) in [6, 6.07) is 1.47. The van der Waals surface area contributed by atoms with Crippen molar-refractivity contribution in [3.63, 3.8) is 0 Å².